The normalized spacial score (nSPS) is 15.6. The highest BCUT2D eigenvalue weighted by Crippen LogP contribution is 2.39. The Kier molecular flexibility index (Phi) is 10.8. The Bertz CT molecular complexity index is 1790. The molecule has 2 aliphatic rings. The molecule has 0 aromatic heterocycles. The lowest BCUT2D eigenvalue weighted by Gasteiger charge is -2.27. The minimum absolute atomic E-state index is 0.0449. The van der Waals surface area contributed by atoms with E-state index >= 15 is 0 Å². The van der Waals surface area contributed by atoms with E-state index in [0.717, 1.165) is 16.0 Å². The van der Waals surface area contributed by atoms with Crippen LogP contribution in [0.2, 0.25) is 0 Å². The first kappa shape index (κ1) is 34.5. The highest BCUT2D eigenvalue weighted by molar-refractivity contribution is 6.25. The maximum atomic E-state index is 13.3. The summed E-state index contributed by atoms with van der Waals surface area (Å²) in [5.74, 6) is -0.475. The number of imide groups is 2. The monoisotopic (exact) mass is 671 g/mol. The first-order chi connectivity index (χ1) is 23.7. The van der Waals surface area contributed by atoms with Gasteiger partial charge in [0.1, 0.15) is 6.04 Å². The van der Waals surface area contributed by atoms with Gasteiger partial charge in [-0.05, 0) is 66.8 Å². The minimum Gasteiger partial charge on any atom is -0.493 e. The van der Waals surface area contributed by atoms with E-state index in [9.17, 15) is 24.0 Å². The summed E-state index contributed by atoms with van der Waals surface area (Å²) < 4.78 is 27.3. The molecule has 5 rings (SSSR count). The van der Waals surface area contributed by atoms with E-state index in [4.69, 9.17) is 23.7 Å². The van der Waals surface area contributed by atoms with Crippen LogP contribution in [0.4, 0.5) is 5.69 Å². The summed E-state index contributed by atoms with van der Waals surface area (Å²) in [6.45, 7) is 0.411. The number of ether oxygens (including phenoxy) is 5. The topological polar surface area (TPSA) is 159 Å². The second-order valence-corrected chi connectivity index (χ2v) is 11.2. The number of hydrogen-bond acceptors (Lipinski definition) is 11. The molecular formula is C36H37N3O10. The second kappa shape index (κ2) is 15.4. The van der Waals surface area contributed by atoms with E-state index in [1.165, 1.54) is 20.3 Å². The van der Waals surface area contributed by atoms with E-state index in [2.05, 4.69) is 10.6 Å². The molecular weight excluding hydrogens is 634 g/mol. The number of unbranched alkanes of at least 4 members (excludes halogenated alkanes) is 1. The largest absolute Gasteiger partial charge is 0.493 e. The Morgan fingerprint density at radius 2 is 1.53 bits per heavy atom. The van der Waals surface area contributed by atoms with Crippen molar-refractivity contribution in [1.29, 1.82) is 0 Å². The zero-order valence-electron chi connectivity index (χ0n) is 27.6. The summed E-state index contributed by atoms with van der Waals surface area (Å²) >= 11 is 0. The molecule has 49 heavy (non-hydrogen) atoms. The molecule has 0 radical (unpaired) electrons. The molecule has 13 nitrogen and oxygen atoms in total. The van der Waals surface area contributed by atoms with Crippen molar-refractivity contribution in [3.8, 4) is 28.7 Å². The molecule has 0 spiro atoms. The minimum atomic E-state index is -1.04. The second-order valence-electron chi connectivity index (χ2n) is 11.2. The number of methoxy groups -OCH3 is 4. The molecule has 1 fully saturated rings. The molecule has 0 saturated carbocycles. The number of carbonyl (C=O) groups excluding carboxylic acids is 5. The van der Waals surface area contributed by atoms with Gasteiger partial charge in [-0.15, -0.1) is 0 Å². The SMILES string of the molecule is COc1ccc(/C=C\c2cc(OC)c(OC)c(OC)c2)cc1OC(=O)CCCCNc1cccc2c1C(=O)N(C1CCC(=O)NC1=O)C2=O. The van der Waals surface area contributed by atoms with Gasteiger partial charge in [-0.25, -0.2) is 0 Å². The summed E-state index contributed by atoms with van der Waals surface area (Å²) in [5.41, 5.74) is 2.40. The number of fused-ring (bicyclic) bond motifs is 1. The van der Waals surface area contributed by atoms with Crippen LogP contribution in [0, 0.1) is 0 Å². The number of nitrogens with zero attached hydrogens (tertiary/aromatic N) is 1. The molecule has 0 bridgehead atoms. The molecule has 3 aromatic rings. The summed E-state index contributed by atoms with van der Waals surface area (Å²) in [5, 5.41) is 5.37. The fourth-order valence-electron chi connectivity index (χ4n) is 5.72. The van der Waals surface area contributed by atoms with Gasteiger partial charge in [0.2, 0.25) is 17.6 Å². The van der Waals surface area contributed by atoms with Crippen LogP contribution < -0.4 is 34.3 Å². The number of amides is 4. The van der Waals surface area contributed by atoms with Gasteiger partial charge >= 0.3 is 5.97 Å². The molecule has 2 N–H and O–H groups in total. The van der Waals surface area contributed by atoms with Gasteiger partial charge in [-0.1, -0.05) is 24.3 Å². The predicted molar refractivity (Wildman–Crippen MR) is 179 cm³/mol. The first-order valence-electron chi connectivity index (χ1n) is 15.6. The molecule has 2 aliphatic heterocycles. The Balaban J connectivity index is 1.16. The standard InChI is InChI=1S/C36H37N3O10/c1-45-26-15-13-21(11-12-22-19-28(46-2)33(48-4)29(20-22)47-3)18-27(26)49-31(41)10-5-6-17-37-24-9-7-8-23-32(24)36(44)39(35(23)43)25-14-16-30(40)38-34(25)42/h7-9,11-13,15,18-20,25,37H,5-6,10,14,16-17H2,1-4H3,(H,38,40,42)/b12-11-. The zero-order valence-corrected chi connectivity index (χ0v) is 27.6. The van der Waals surface area contributed by atoms with Crippen LogP contribution in [-0.2, 0) is 14.4 Å². The lowest BCUT2D eigenvalue weighted by Crippen LogP contribution is -2.54. The number of hydrogen-bond donors (Lipinski definition) is 2. The van der Waals surface area contributed by atoms with Gasteiger partial charge in [0.15, 0.2) is 23.0 Å². The van der Waals surface area contributed by atoms with Crippen LogP contribution in [0.25, 0.3) is 12.2 Å². The third-order valence-electron chi connectivity index (χ3n) is 8.16. The van der Waals surface area contributed by atoms with E-state index < -0.39 is 35.6 Å². The summed E-state index contributed by atoms with van der Waals surface area (Å²) in [6, 6.07) is 12.7. The maximum Gasteiger partial charge on any atom is 0.311 e. The van der Waals surface area contributed by atoms with Crippen LogP contribution in [0.1, 0.15) is 63.9 Å². The van der Waals surface area contributed by atoms with Crippen molar-refractivity contribution in [3.05, 3.63) is 70.8 Å². The predicted octanol–water partition coefficient (Wildman–Crippen LogP) is 4.48. The van der Waals surface area contributed by atoms with Crippen molar-refractivity contribution in [2.45, 2.75) is 38.1 Å². The lowest BCUT2D eigenvalue weighted by atomic mass is 10.0. The molecule has 1 unspecified atom stereocenters. The fraction of sp³-hybridized carbons (Fsp3) is 0.306. The van der Waals surface area contributed by atoms with Crippen LogP contribution in [0.3, 0.4) is 0 Å². The Morgan fingerprint density at radius 3 is 2.20 bits per heavy atom. The number of nitrogens with one attached hydrogen (secondary N) is 2. The van der Waals surface area contributed by atoms with Gasteiger partial charge in [0, 0.05) is 25.1 Å². The zero-order chi connectivity index (χ0) is 35.1. The molecule has 1 saturated heterocycles. The van der Waals surface area contributed by atoms with Crippen molar-refractivity contribution in [1.82, 2.24) is 10.2 Å². The average molecular weight is 672 g/mol. The highest BCUT2D eigenvalue weighted by atomic mass is 16.6. The molecule has 3 aromatic carbocycles. The van der Waals surface area contributed by atoms with E-state index in [-0.39, 0.29) is 36.1 Å². The first-order valence-corrected chi connectivity index (χ1v) is 15.6. The molecule has 2 heterocycles. The number of piperidine rings is 1. The summed E-state index contributed by atoms with van der Waals surface area (Å²) in [6.07, 6.45) is 5.02. The van der Waals surface area contributed by atoms with Gasteiger partial charge < -0.3 is 29.0 Å². The molecule has 256 valence electrons. The van der Waals surface area contributed by atoms with Crippen molar-refractivity contribution >= 4 is 47.4 Å². The third kappa shape index (κ3) is 7.51. The fourth-order valence-corrected chi connectivity index (χ4v) is 5.72. The van der Waals surface area contributed by atoms with Gasteiger partial charge in [-0.3, -0.25) is 34.2 Å². The maximum absolute atomic E-state index is 13.3. The van der Waals surface area contributed by atoms with Crippen molar-refractivity contribution in [2.24, 2.45) is 0 Å². The highest BCUT2D eigenvalue weighted by Gasteiger charge is 2.45. The molecule has 0 aliphatic carbocycles. The Labute approximate surface area is 283 Å². The van der Waals surface area contributed by atoms with Crippen molar-refractivity contribution in [2.75, 3.05) is 40.3 Å². The van der Waals surface area contributed by atoms with E-state index in [0.29, 0.717) is 48.1 Å². The number of anilines is 1. The molecule has 1 atom stereocenters. The average Bonchev–Trinajstić information content (AvgIpc) is 3.36. The summed E-state index contributed by atoms with van der Waals surface area (Å²) in [4.78, 5) is 64.0. The number of esters is 1. The lowest BCUT2D eigenvalue weighted by molar-refractivity contribution is -0.136. The van der Waals surface area contributed by atoms with Gasteiger partial charge in [0.25, 0.3) is 11.8 Å². The van der Waals surface area contributed by atoms with Gasteiger partial charge in [-0.2, -0.15) is 0 Å². The quantitative estimate of drug-likeness (QED) is 0.0818. The van der Waals surface area contributed by atoms with Crippen molar-refractivity contribution < 1.29 is 47.7 Å². The van der Waals surface area contributed by atoms with Crippen LogP contribution in [-0.4, -0.2) is 75.5 Å². The smallest absolute Gasteiger partial charge is 0.311 e. The van der Waals surface area contributed by atoms with Crippen LogP contribution in [0.15, 0.2) is 48.5 Å². The number of carbonyl (C=O) groups is 5. The molecule has 4 amide bonds. The van der Waals surface area contributed by atoms with Gasteiger partial charge in [0.05, 0.1) is 39.6 Å². The number of rotatable bonds is 14. The Hall–Kier alpha value is -5.85. The van der Waals surface area contributed by atoms with Crippen LogP contribution in [0.5, 0.6) is 28.7 Å². The molecule has 13 heteroatoms. The van der Waals surface area contributed by atoms with E-state index in [1.807, 2.05) is 30.4 Å². The Morgan fingerprint density at radius 1 is 0.837 bits per heavy atom. The van der Waals surface area contributed by atoms with Crippen molar-refractivity contribution in [3.63, 3.8) is 0 Å². The van der Waals surface area contributed by atoms with Crippen LogP contribution >= 0.6 is 0 Å². The van der Waals surface area contributed by atoms with E-state index in [1.54, 1.807) is 38.5 Å². The summed E-state index contributed by atoms with van der Waals surface area (Å²) in [7, 11) is 6.13. The number of benzene rings is 3. The third-order valence-corrected chi connectivity index (χ3v) is 8.16.